The van der Waals surface area contributed by atoms with Crippen LogP contribution in [-0.4, -0.2) is 32.7 Å². The minimum Gasteiger partial charge on any atom is -0.308 e. The lowest BCUT2D eigenvalue weighted by atomic mass is 9.98. The summed E-state index contributed by atoms with van der Waals surface area (Å²) in [5, 5.41) is 0. The van der Waals surface area contributed by atoms with Gasteiger partial charge in [-0.25, -0.2) is 0 Å². The number of hydrogen-bond donors (Lipinski definition) is 0. The summed E-state index contributed by atoms with van der Waals surface area (Å²) in [5.74, 6) is 0. The van der Waals surface area contributed by atoms with E-state index in [4.69, 9.17) is 13.2 Å². The summed E-state index contributed by atoms with van der Waals surface area (Å²) in [6.45, 7) is 3.57. The van der Waals surface area contributed by atoms with Crippen LogP contribution in [0, 0.1) is 0 Å². The van der Waals surface area contributed by atoms with Gasteiger partial charge in [0.1, 0.15) is 0 Å². The number of aryl methyl sites for hydroxylation is 1. The molecule has 1 fully saturated rings. The first-order valence-corrected chi connectivity index (χ1v) is 17.5. The lowest BCUT2D eigenvalue weighted by Crippen LogP contribution is -2.31. The quantitative estimate of drug-likeness (QED) is 0.139. The molecule has 0 radical (unpaired) electrons. The second kappa shape index (κ2) is 14.6. The van der Waals surface area contributed by atoms with Gasteiger partial charge < -0.3 is 9.05 Å². The molecule has 0 amide bonds. The van der Waals surface area contributed by atoms with E-state index in [9.17, 15) is 13.0 Å². The van der Waals surface area contributed by atoms with Gasteiger partial charge in [0.2, 0.25) is 0 Å². The first-order chi connectivity index (χ1) is 19.3. The molecule has 3 aromatic carbocycles. The van der Waals surface area contributed by atoms with Crippen LogP contribution in [0.1, 0.15) is 64.4 Å². The fourth-order valence-electron chi connectivity index (χ4n) is 5.27. The van der Waals surface area contributed by atoms with Crippen molar-refractivity contribution in [3.8, 4) is 22.3 Å². The van der Waals surface area contributed by atoms with Gasteiger partial charge >= 0.3 is 7.60 Å². The third-order valence-electron chi connectivity index (χ3n) is 7.32. The predicted molar refractivity (Wildman–Crippen MR) is 162 cm³/mol. The van der Waals surface area contributed by atoms with Gasteiger partial charge in [-0.05, 0) is 73.8 Å². The maximum atomic E-state index is 13.7. The Morgan fingerprint density at radius 2 is 1.25 bits per heavy atom. The van der Waals surface area contributed by atoms with Crippen molar-refractivity contribution >= 4 is 17.7 Å². The molecule has 0 spiro atoms. The monoisotopic (exact) mass is 584 g/mol. The van der Waals surface area contributed by atoms with Crippen LogP contribution in [0.5, 0.6) is 0 Å². The van der Waals surface area contributed by atoms with Crippen molar-refractivity contribution in [3.63, 3.8) is 0 Å². The molecule has 1 aliphatic carbocycles. The van der Waals surface area contributed by atoms with Crippen LogP contribution >= 0.6 is 7.60 Å². The minimum absolute atomic E-state index is 0.0977. The molecule has 1 atom stereocenters. The Morgan fingerprint density at radius 3 is 1.77 bits per heavy atom. The van der Waals surface area contributed by atoms with E-state index in [1.54, 1.807) is 13.8 Å². The van der Waals surface area contributed by atoms with E-state index < -0.39 is 22.7 Å². The zero-order chi connectivity index (χ0) is 28.4. The average Bonchev–Trinajstić information content (AvgIpc) is 2.96. The van der Waals surface area contributed by atoms with Crippen molar-refractivity contribution in [2.24, 2.45) is 0 Å². The Kier molecular flexibility index (Phi) is 11.2. The Morgan fingerprint density at radius 1 is 0.750 bits per heavy atom. The van der Waals surface area contributed by atoms with Gasteiger partial charge in [-0.15, -0.1) is 0 Å². The Bertz CT molecular complexity index is 1320. The molecular weight excluding hydrogens is 543 g/mol. The first-order valence-electron chi connectivity index (χ1n) is 14.4. The molecule has 8 heteroatoms. The molecule has 0 heterocycles. The summed E-state index contributed by atoms with van der Waals surface area (Å²) in [7, 11) is -8.09. The molecule has 6 nitrogen and oxygen atoms in total. The van der Waals surface area contributed by atoms with Gasteiger partial charge in [0, 0.05) is 0 Å². The molecule has 1 unspecified atom stereocenters. The highest BCUT2D eigenvalue weighted by Gasteiger charge is 2.46. The summed E-state index contributed by atoms with van der Waals surface area (Å²) in [6, 6.07) is 27.1. The lowest BCUT2D eigenvalue weighted by Gasteiger charge is -2.28. The summed E-state index contributed by atoms with van der Waals surface area (Å²) < 4.78 is 57.1. The van der Waals surface area contributed by atoms with Crippen molar-refractivity contribution in [2.75, 3.05) is 13.2 Å². The molecule has 3 aromatic rings. The topological polar surface area (TPSA) is 78.9 Å². The summed E-state index contributed by atoms with van der Waals surface area (Å²) in [5.41, 5.74) is 5.69. The van der Waals surface area contributed by atoms with E-state index in [2.05, 4.69) is 60.7 Å². The van der Waals surface area contributed by atoms with Crippen LogP contribution in [0.15, 0.2) is 78.9 Å². The van der Waals surface area contributed by atoms with Crippen molar-refractivity contribution in [1.29, 1.82) is 0 Å². The second-order valence-corrected chi connectivity index (χ2v) is 14.5. The average molecular weight is 585 g/mol. The van der Waals surface area contributed by atoms with Gasteiger partial charge in [0.15, 0.2) is 4.99 Å². The van der Waals surface area contributed by atoms with Crippen molar-refractivity contribution in [3.05, 3.63) is 84.4 Å². The fraction of sp³-hybridized carbons (Fsp3) is 0.438. The molecule has 4 rings (SSSR count). The number of rotatable bonds is 14. The van der Waals surface area contributed by atoms with Crippen LogP contribution in [0.4, 0.5) is 0 Å². The maximum Gasteiger partial charge on any atom is 0.351 e. The normalized spacial score (nSPS) is 15.7. The van der Waals surface area contributed by atoms with Crippen LogP contribution in [-0.2, 0) is 34.3 Å². The smallest absolute Gasteiger partial charge is 0.308 e. The SMILES string of the molecule is CCOP(=O)(OCC)C(CCCc1ccc(-c2ccc(-c3ccccc3)cc2)cc1)S(=O)(=O)OC1CCCCC1. The highest BCUT2D eigenvalue weighted by atomic mass is 32.2. The first kappa shape index (κ1) is 30.7. The Balaban J connectivity index is 1.42. The van der Waals surface area contributed by atoms with Gasteiger partial charge in [-0.3, -0.25) is 8.75 Å². The summed E-state index contributed by atoms with van der Waals surface area (Å²) >= 11 is 0. The van der Waals surface area contributed by atoms with Crippen LogP contribution < -0.4 is 0 Å². The second-order valence-electron chi connectivity index (χ2n) is 10.2. The van der Waals surface area contributed by atoms with E-state index in [0.29, 0.717) is 25.7 Å². The largest absolute Gasteiger partial charge is 0.351 e. The van der Waals surface area contributed by atoms with E-state index in [0.717, 1.165) is 36.0 Å². The fourth-order valence-corrected chi connectivity index (χ4v) is 9.83. The number of hydrogen-bond acceptors (Lipinski definition) is 6. The summed E-state index contributed by atoms with van der Waals surface area (Å²) in [6.07, 6.45) is 5.26. The van der Waals surface area contributed by atoms with E-state index >= 15 is 0 Å². The lowest BCUT2D eigenvalue weighted by molar-refractivity contribution is 0.158. The molecule has 216 valence electrons. The van der Waals surface area contributed by atoms with Gasteiger partial charge in [-0.2, -0.15) is 8.42 Å². The molecule has 40 heavy (non-hydrogen) atoms. The van der Waals surface area contributed by atoms with Crippen LogP contribution in [0.3, 0.4) is 0 Å². The molecule has 0 saturated heterocycles. The molecule has 1 aliphatic rings. The Hall–Kier alpha value is -2.28. The molecule has 0 aliphatic heterocycles. The zero-order valence-electron chi connectivity index (χ0n) is 23.5. The maximum absolute atomic E-state index is 13.7. The van der Waals surface area contributed by atoms with Crippen LogP contribution in [0.25, 0.3) is 22.3 Å². The predicted octanol–water partition coefficient (Wildman–Crippen LogP) is 8.61. The molecule has 0 N–H and O–H groups in total. The van der Waals surface area contributed by atoms with Crippen molar-refractivity contribution in [1.82, 2.24) is 0 Å². The van der Waals surface area contributed by atoms with E-state index in [1.165, 1.54) is 11.1 Å². The highest BCUT2D eigenvalue weighted by Crippen LogP contribution is 2.57. The molecule has 0 aromatic heterocycles. The molecular formula is C32H41O6PS. The van der Waals surface area contributed by atoms with E-state index in [1.807, 2.05) is 18.2 Å². The van der Waals surface area contributed by atoms with Gasteiger partial charge in [0.05, 0.1) is 19.3 Å². The standard InChI is InChI=1S/C32H41O6PS/c1-3-36-39(33,37-4-2)32(40(34,35)38-31-15-9-6-10-16-31)17-11-12-26-18-20-28(21-19-26)30-24-22-29(23-25-30)27-13-7-5-8-14-27/h5,7-8,13-14,18-25,31-32H,3-4,6,9-12,15-17H2,1-2H3. The van der Waals surface area contributed by atoms with Crippen molar-refractivity contribution in [2.45, 2.75) is 76.3 Å². The highest BCUT2D eigenvalue weighted by molar-refractivity contribution is 7.94. The summed E-state index contributed by atoms with van der Waals surface area (Å²) in [4.78, 5) is -1.34. The number of benzene rings is 3. The molecule has 0 bridgehead atoms. The third kappa shape index (κ3) is 8.14. The zero-order valence-corrected chi connectivity index (χ0v) is 25.2. The Labute approximate surface area is 239 Å². The van der Waals surface area contributed by atoms with Gasteiger partial charge in [-0.1, -0.05) is 98.1 Å². The molecule has 1 saturated carbocycles. The third-order valence-corrected chi connectivity index (χ3v) is 12.5. The van der Waals surface area contributed by atoms with Crippen LogP contribution in [0.2, 0.25) is 0 Å². The van der Waals surface area contributed by atoms with E-state index in [-0.39, 0.29) is 25.7 Å². The van der Waals surface area contributed by atoms with Crippen molar-refractivity contribution < 1.29 is 26.2 Å². The minimum atomic E-state index is -4.16. The van der Waals surface area contributed by atoms with Gasteiger partial charge in [0.25, 0.3) is 10.1 Å².